The summed E-state index contributed by atoms with van der Waals surface area (Å²) < 4.78 is 0. The van der Waals surface area contributed by atoms with Crippen LogP contribution in [0.5, 0.6) is 0 Å². The first-order chi connectivity index (χ1) is 11.6. The van der Waals surface area contributed by atoms with Crippen LogP contribution in [-0.4, -0.2) is 35.9 Å². The second-order valence-corrected chi connectivity index (χ2v) is 7.42. The predicted molar refractivity (Wildman–Crippen MR) is 96.5 cm³/mol. The molecule has 0 saturated carbocycles. The smallest absolute Gasteiger partial charge is 0.260 e. The van der Waals surface area contributed by atoms with Crippen molar-refractivity contribution in [3.05, 3.63) is 56.1 Å². The number of amides is 1. The Hall–Kier alpha value is -1.92. The molecule has 1 aliphatic rings. The van der Waals surface area contributed by atoms with E-state index in [4.69, 9.17) is 0 Å². The normalized spacial score (nSPS) is 21.6. The van der Waals surface area contributed by atoms with Gasteiger partial charge in [0.15, 0.2) is 0 Å². The number of aromatic nitrogens is 1. The highest BCUT2D eigenvalue weighted by Crippen LogP contribution is 2.36. The fourth-order valence-electron chi connectivity index (χ4n) is 3.45. The molecule has 0 radical (unpaired) electrons. The van der Waals surface area contributed by atoms with Gasteiger partial charge in [0.1, 0.15) is 5.56 Å². The third-order valence-corrected chi connectivity index (χ3v) is 5.61. The van der Waals surface area contributed by atoms with Gasteiger partial charge in [-0.3, -0.25) is 14.5 Å². The topological polar surface area (TPSA) is 65.2 Å². The lowest BCUT2D eigenvalue weighted by atomic mass is 9.88. The van der Waals surface area contributed by atoms with E-state index in [-0.39, 0.29) is 17.0 Å². The summed E-state index contributed by atoms with van der Waals surface area (Å²) in [4.78, 5) is 30.6. The molecular formula is C18H23N3O2S. The van der Waals surface area contributed by atoms with E-state index in [1.54, 1.807) is 30.4 Å². The first-order valence-corrected chi connectivity index (χ1v) is 9.16. The van der Waals surface area contributed by atoms with Gasteiger partial charge in [-0.2, -0.15) is 0 Å². The largest absolute Gasteiger partial charge is 0.352 e. The summed E-state index contributed by atoms with van der Waals surface area (Å²) in [5, 5.41) is 5.06. The molecule has 6 heteroatoms. The number of hydrogen-bond acceptors (Lipinski definition) is 4. The SMILES string of the molecule is Cc1ccc(C(=O)NCC2CCCN(C)C2c2cccs2)c(=O)[nH]1. The minimum Gasteiger partial charge on any atom is -0.352 e. The van der Waals surface area contributed by atoms with E-state index in [2.05, 4.69) is 39.8 Å². The molecule has 24 heavy (non-hydrogen) atoms. The van der Waals surface area contributed by atoms with E-state index in [9.17, 15) is 9.59 Å². The lowest BCUT2D eigenvalue weighted by Crippen LogP contribution is -2.42. The van der Waals surface area contributed by atoms with Gasteiger partial charge in [-0.15, -0.1) is 11.3 Å². The Kier molecular flexibility index (Phi) is 5.16. The molecule has 2 atom stereocenters. The summed E-state index contributed by atoms with van der Waals surface area (Å²) >= 11 is 1.76. The molecular weight excluding hydrogens is 322 g/mol. The van der Waals surface area contributed by atoms with Gasteiger partial charge in [0, 0.05) is 23.2 Å². The highest BCUT2D eigenvalue weighted by molar-refractivity contribution is 7.10. The maximum Gasteiger partial charge on any atom is 0.260 e. The Morgan fingerprint density at radius 1 is 1.42 bits per heavy atom. The van der Waals surface area contributed by atoms with Crippen molar-refractivity contribution in [1.29, 1.82) is 0 Å². The Balaban J connectivity index is 1.70. The molecule has 2 aromatic heterocycles. The summed E-state index contributed by atoms with van der Waals surface area (Å²) in [5.41, 5.74) is 0.601. The molecule has 2 N–H and O–H groups in total. The van der Waals surface area contributed by atoms with Crippen LogP contribution < -0.4 is 10.9 Å². The van der Waals surface area contributed by atoms with Crippen molar-refractivity contribution < 1.29 is 4.79 Å². The second kappa shape index (κ2) is 7.32. The number of carbonyl (C=O) groups excluding carboxylic acids is 1. The fourth-order valence-corrected chi connectivity index (χ4v) is 4.44. The van der Waals surface area contributed by atoms with Gasteiger partial charge in [0.05, 0.1) is 0 Å². The maximum absolute atomic E-state index is 12.4. The zero-order valence-corrected chi connectivity index (χ0v) is 14.9. The molecule has 1 fully saturated rings. The summed E-state index contributed by atoms with van der Waals surface area (Å²) in [6.45, 7) is 3.45. The van der Waals surface area contributed by atoms with Gasteiger partial charge in [0.2, 0.25) is 0 Å². The Labute approximate surface area is 145 Å². The van der Waals surface area contributed by atoms with Crippen LogP contribution in [0.4, 0.5) is 0 Å². The Bertz CT molecular complexity index is 754. The molecule has 1 aliphatic heterocycles. The molecule has 5 nitrogen and oxygen atoms in total. The number of nitrogens with one attached hydrogen (secondary N) is 2. The van der Waals surface area contributed by atoms with Crippen LogP contribution in [0.15, 0.2) is 34.4 Å². The number of carbonyl (C=O) groups is 1. The van der Waals surface area contributed by atoms with Crippen molar-refractivity contribution in [1.82, 2.24) is 15.2 Å². The van der Waals surface area contributed by atoms with Crippen LogP contribution in [0.25, 0.3) is 0 Å². The zero-order valence-electron chi connectivity index (χ0n) is 14.0. The van der Waals surface area contributed by atoms with Crippen LogP contribution in [-0.2, 0) is 0 Å². The lowest BCUT2D eigenvalue weighted by Gasteiger charge is -2.38. The number of rotatable bonds is 4. The van der Waals surface area contributed by atoms with Gasteiger partial charge < -0.3 is 10.3 Å². The number of nitrogens with zero attached hydrogens (tertiary/aromatic N) is 1. The summed E-state index contributed by atoms with van der Waals surface area (Å²) in [6, 6.07) is 7.91. The number of hydrogen-bond donors (Lipinski definition) is 2. The molecule has 128 valence electrons. The number of likely N-dealkylation sites (tertiary alicyclic amines) is 1. The number of H-pyrrole nitrogens is 1. The summed E-state index contributed by atoms with van der Waals surface area (Å²) in [5.74, 6) is 0.0605. The van der Waals surface area contributed by atoms with Gasteiger partial charge in [-0.05, 0) is 62.9 Å². The van der Waals surface area contributed by atoms with Gasteiger partial charge >= 0.3 is 0 Å². The summed E-state index contributed by atoms with van der Waals surface area (Å²) in [7, 11) is 2.14. The number of aryl methyl sites for hydroxylation is 1. The van der Waals surface area contributed by atoms with E-state index in [1.165, 1.54) is 4.88 Å². The van der Waals surface area contributed by atoms with Crippen LogP contribution in [0.1, 0.15) is 39.8 Å². The molecule has 3 heterocycles. The minimum atomic E-state index is -0.330. The van der Waals surface area contributed by atoms with E-state index in [0.29, 0.717) is 18.5 Å². The molecule has 0 bridgehead atoms. The number of piperidine rings is 1. The van der Waals surface area contributed by atoms with Crippen molar-refractivity contribution in [2.24, 2.45) is 5.92 Å². The predicted octanol–water partition coefficient (Wildman–Crippen LogP) is 2.56. The second-order valence-electron chi connectivity index (χ2n) is 6.44. The van der Waals surface area contributed by atoms with Crippen LogP contribution in [0, 0.1) is 12.8 Å². The van der Waals surface area contributed by atoms with Gasteiger partial charge in [-0.25, -0.2) is 0 Å². The quantitative estimate of drug-likeness (QED) is 0.895. The third kappa shape index (κ3) is 3.60. The average Bonchev–Trinajstić information content (AvgIpc) is 3.06. The highest BCUT2D eigenvalue weighted by Gasteiger charge is 2.31. The van der Waals surface area contributed by atoms with Crippen molar-refractivity contribution in [3.63, 3.8) is 0 Å². The molecule has 2 unspecified atom stereocenters. The number of pyridine rings is 1. The van der Waals surface area contributed by atoms with Crippen molar-refractivity contribution >= 4 is 17.2 Å². The number of thiophene rings is 1. The minimum absolute atomic E-state index is 0.178. The molecule has 0 spiro atoms. The van der Waals surface area contributed by atoms with Crippen LogP contribution >= 0.6 is 11.3 Å². The highest BCUT2D eigenvalue weighted by atomic mass is 32.1. The Morgan fingerprint density at radius 2 is 2.25 bits per heavy atom. The van der Waals surface area contributed by atoms with Crippen molar-refractivity contribution in [2.75, 3.05) is 20.1 Å². The monoisotopic (exact) mass is 345 g/mol. The first-order valence-electron chi connectivity index (χ1n) is 8.28. The first kappa shape index (κ1) is 16.9. The molecule has 0 aromatic carbocycles. The van der Waals surface area contributed by atoms with Crippen LogP contribution in [0.3, 0.4) is 0 Å². The van der Waals surface area contributed by atoms with Gasteiger partial charge in [-0.1, -0.05) is 6.07 Å². The van der Waals surface area contributed by atoms with E-state index < -0.39 is 0 Å². The molecule has 3 rings (SSSR count). The van der Waals surface area contributed by atoms with Crippen LogP contribution in [0.2, 0.25) is 0 Å². The zero-order chi connectivity index (χ0) is 17.1. The van der Waals surface area contributed by atoms with E-state index >= 15 is 0 Å². The van der Waals surface area contributed by atoms with Crippen molar-refractivity contribution in [3.8, 4) is 0 Å². The van der Waals surface area contributed by atoms with Crippen molar-refractivity contribution in [2.45, 2.75) is 25.8 Å². The summed E-state index contributed by atoms with van der Waals surface area (Å²) in [6.07, 6.45) is 2.21. The average molecular weight is 345 g/mol. The molecule has 2 aromatic rings. The number of aromatic amines is 1. The molecule has 0 aliphatic carbocycles. The maximum atomic E-state index is 12.4. The molecule has 1 saturated heterocycles. The van der Waals surface area contributed by atoms with Gasteiger partial charge in [0.25, 0.3) is 11.5 Å². The van der Waals surface area contributed by atoms with E-state index in [1.807, 2.05) is 0 Å². The standard InChI is InChI=1S/C18H23N3O2S/c1-12-7-8-14(18(23)20-12)17(22)19-11-13-5-3-9-21(2)16(13)15-6-4-10-24-15/h4,6-8,10,13,16H,3,5,9,11H2,1-2H3,(H,19,22)(H,20,23). The van der Waals surface area contributed by atoms with E-state index in [0.717, 1.165) is 25.1 Å². The third-order valence-electron chi connectivity index (χ3n) is 4.67. The lowest BCUT2D eigenvalue weighted by molar-refractivity contribution is 0.0894. The fraction of sp³-hybridized carbons (Fsp3) is 0.444. The molecule has 1 amide bonds. The Morgan fingerprint density at radius 3 is 2.96 bits per heavy atom.